The molecular weight excluding hydrogens is 310 g/mol. The van der Waals surface area contributed by atoms with Gasteiger partial charge < -0.3 is 14.9 Å². The zero-order valence-electron chi connectivity index (χ0n) is 13.8. The minimum absolute atomic E-state index is 0.107. The van der Waals surface area contributed by atoms with Crippen molar-refractivity contribution in [2.75, 3.05) is 36.0 Å². The van der Waals surface area contributed by atoms with Crippen LogP contribution in [0, 0.1) is 10.1 Å². The van der Waals surface area contributed by atoms with Crippen molar-refractivity contribution in [1.29, 1.82) is 0 Å². The molecule has 8 heteroatoms. The van der Waals surface area contributed by atoms with Gasteiger partial charge in [-0.05, 0) is 18.6 Å². The number of hydrogen-bond donors (Lipinski definition) is 1. The van der Waals surface area contributed by atoms with E-state index in [2.05, 4.69) is 10.00 Å². The Hall–Kier alpha value is -2.77. The molecule has 1 N–H and O–H groups in total. The molecule has 8 nitrogen and oxygen atoms in total. The summed E-state index contributed by atoms with van der Waals surface area (Å²) >= 11 is 0. The standard InChI is InChI=1S/C16H21N5O3/c1-3-12-15(21(23)24)16(18(2)17-12)20-10-8-19(9-11-20)13-6-4-5-7-14(13)22/h4-7,22H,3,8-11H2,1-2H3. The lowest BCUT2D eigenvalue weighted by Gasteiger charge is -2.36. The third kappa shape index (κ3) is 2.75. The van der Waals surface area contributed by atoms with E-state index in [9.17, 15) is 15.2 Å². The molecule has 1 saturated heterocycles. The normalized spacial score (nSPS) is 14.9. The fraction of sp³-hybridized carbons (Fsp3) is 0.438. The van der Waals surface area contributed by atoms with Crippen LogP contribution in [0.2, 0.25) is 0 Å². The van der Waals surface area contributed by atoms with Gasteiger partial charge in [0, 0.05) is 33.2 Å². The highest BCUT2D eigenvalue weighted by Crippen LogP contribution is 2.33. The summed E-state index contributed by atoms with van der Waals surface area (Å²) in [5.74, 6) is 0.819. The summed E-state index contributed by atoms with van der Waals surface area (Å²) in [4.78, 5) is 15.2. The summed E-state index contributed by atoms with van der Waals surface area (Å²) in [6, 6.07) is 7.23. The van der Waals surface area contributed by atoms with Crippen molar-refractivity contribution < 1.29 is 10.0 Å². The van der Waals surface area contributed by atoms with Gasteiger partial charge in [-0.2, -0.15) is 5.10 Å². The topological polar surface area (TPSA) is 87.7 Å². The summed E-state index contributed by atoms with van der Waals surface area (Å²) in [5.41, 5.74) is 1.42. The summed E-state index contributed by atoms with van der Waals surface area (Å²) in [7, 11) is 1.75. The summed E-state index contributed by atoms with van der Waals surface area (Å²) in [6.07, 6.45) is 0.530. The Morgan fingerprint density at radius 3 is 2.42 bits per heavy atom. The van der Waals surface area contributed by atoms with Crippen molar-refractivity contribution in [3.63, 3.8) is 0 Å². The number of nitro groups is 1. The molecule has 0 spiro atoms. The predicted octanol–water partition coefficient (Wildman–Crippen LogP) is 1.92. The molecule has 0 atom stereocenters. The first-order chi connectivity index (χ1) is 11.5. The molecule has 2 aromatic rings. The van der Waals surface area contributed by atoms with Gasteiger partial charge in [0.25, 0.3) is 0 Å². The monoisotopic (exact) mass is 331 g/mol. The highest BCUT2D eigenvalue weighted by molar-refractivity contribution is 5.63. The minimum atomic E-state index is -0.337. The van der Waals surface area contributed by atoms with E-state index >= 15 is 0 Å². The van der Waals surface area contributed by atoms with Gasteiger partial charge in [0.1, 0.15) is 11.4 Å². The van der Waals surface area contributed by atoms with E-state index < -0.39 is 0 Å². The SMILES string of the molecule is CCc1nn(C)c(N2CCN(c3ccccc3O)CC2)c1[N+](=O)[O-]. The van der Waals surface area contributed by atoms with Gasteiger partial charge in [-0.1, -0.05) is 19.1 Å². The molecule has 1 fully saturated rings. The second kappa shape index (κ2) is 6.38. The molecule has 24 heavy (non-hydrogen) atoms. The van der Waals surface area contributed by atoms with E-state index in [1.165, 1.54) is 0 Å². The van der Waals surface area contributed by atoms with E-state index in [-0.39, 0.29) is 16.4 Å². The Morgan fingerprint density at radius 2 is 1.83 bits per heavy atom. The molecule has 0 saturated carbocycles. The van der Waals surface area contributed by atoms with Gasteiger partial charge in [0.15, 0.2) is 0 Å². The number of para-hydroxylation sites is 2. The van der Waals surface area contributed by atoms with Crippen LogP contribution in [0.5, 0.6) is 5.75 Å². The second-order valence-corrected chi connectivity index (χ2v) is 5.82. The molecule has 128 valence electrons. The van der Waals surface area contributed by atoms with Crippen LogP contribution >= 0.6 is 0 Å². The predicted molar refractivity (Wildman–Crippen MR) is 91.8 cm³/mol. The Balaban J connectivity index is 1.82. The number of aryl methyl sites for hydroxylation is 2. The van der Waals surface area contributed by atoms with Crippen molar-refractivity contribution in [3.8, 4) is 5.75 Å². The maximum atomic E-state index is 11.5. The number of hydrogen-bond acceptors (Lipinski definition) is 6. The Bertz CT molecular complexity index is 750. The molecule has 2 heterocycles. The van der Waals surface area contributed by atoms with Crippen molar-refractivity contribution >= 4 is 17.2 Å². The number of nitrogens with zero attached hydrogens (tertiary/aromatic N) is 5. The number of piperazine rings is 1. The van der Waals surface area contributed by atoms with E-state index in [0.29, 0.717) is 44.1 Å². The summed E-state index contributed by atoms with van der Waals surface area (Å²) < 4.78 is 1.60. The smallest absolute Gasteiger partial charge is 0.334 e. The first kappa shape index (κ1) is 16.1. The van der Waals surface area contributed by atoms with Crippen molar-refractivity contribution in [1.82, 2.24) is 9.78 Å². The fourth-order valence-electron chi connectivity index (χ4n) is 3.23. The molecule has 1 aliphatic rings. The Morgan fingerprint density at radius 1 is 1.21 bits per heavy atom. The zero-order valence-corrected chi connectivity index (χ0v) is 13.8. The van der Waals surface area contributed by atoms with Crippen LogP contribution in [0.25, 0.3) is 0 Å². The van der Waals surface area contributed by atoms with Crippen molar-refractivity contribution in [3.05, 3.63) is 40.1 Å². The van der Waals surface area contributed by atoms with Crippen LogP contribution in [0.4, 0.5) is 17.2 Å². The van der Waals surface area contributed by atoms with E-state index in [1.807, 2.05) is 24.0 Å². The van der Waals surface area contributed by atoms with Gasteiger partial charge in [0.2, 0.25) is 5.82 Å². The number of anilines is 2. The Labute approximate surface area is 140 Å². The van der Waals surface area contributed by atoms with Gasteiger partial charge in [-0.15, -0.1) is 0 Å². The van der Waals surface area contributed by atoms with Crippen LogP contribution in [0.15, 0.2) is 24.3 Å². The number of phenols is 1. The average molecular weight is 331 g/mol. The molecular formula is C16H21N5O3. The van der Waals surface area contributed by atoms with Crippen molar-refractivity contribution in [2.45, 2.75) is 13.3 Å². The number of aromatic nitrogens is 2. The third-order valence-electron chi connectivity index (χ3n) is 4.38. The van der Waals surface area contributed by atoms with E-state index in [1.54, 1.807) is 23.9 Å². The lowest BCUT2D eigenvalue weighted by Crippen LogP contribution is -2.47. The number of phenolic OH excluding ortho intramolecular Hbond substituents is 1. The maximum Gasteiger partial charge on any atom is 0.334 e. The molecule has 1 aliphatic heterocycles. The van der Waals surface area contributed by atoms with Crippen molar-refractivity contribution in [2.24, 2.45) is 7.05 Å². The second-order valence-electron chi connectivity index (χ2n) is 5.82. The fourth-order valence-corrected chi connectivity index (χ4v) is 3.23. The first-order valence-corrected chi connectivity index (χ1v) is 8.01. The lowest BCUT2D eigenvalue weighted by atomic mass is 10.2. The summed E-state index contributed by atoms with van der Waals surface area (Å²) in [6.45, 7) is 4.51. The van der Waals surface area contributed by atoms with Crippen LogP contribution < -0.4 is 9.80 Å². The molecule has 0 radical (unpaired) electrons. The van der Waals surface area contributed by atoms with E-state index in [4.69, 9.17) is 0 Å². The molecule has 0 amide bonds. The lowest BCUT2D eigenvalue weighted by molar-refractivity contribution is -0.384. The number of benzene rings is 1. The molecule has 1 aromatic carbocycles. The van der Waals surface area contributed by atoms with Gasteiger partial charge in [-0.25, -0.2) is 4.68 Å². The van der Waals surface area contributed by atoms with Gasteiger partial charge in [-0.3, -0.25) is 10.1 Å². The third-order valence-corrected chi connectivity index (χ3v) is 4.38. The number of rotatable bonds is 4. The van der Waals surface area contributed by atoms with Crippen LogP contribution in [0.1, 0.15) is 12.6 Å². The van der Waals surface area contributed by atoms with Crippen LogP contribution in [-0.2, 0) is 13.5 Å². The molecule has 0 bridgehead atoms. The number of aromatic hydroxyl groups is 1. The molecule has 0 aliphatic carbocycles. The zero-order chi connectivity index (χ0) is 17.3. The van der Waals surface area contributed by atoms with Crippen LogP contribution in [-0.4, -0.2) is 46.0 Å². The molecule has 3 rings (SSSR count). The Kier molecular flexibility index (Phi) is 4.28. The van der Waals surface area contributed by atoms with Gasteiger partial charge >= 0.3 is 5.69 Å². The van der Waals surface area contributed by atoms with Crippen LogP contribution in [0.3, 0.4) is 0 Å². The summed E-state index contributed by atoms with van der Waals surface area (Å²) in [5, 5.41) is 25.7. The average Bonchev–Trinajstić information content (AvgIpc) is 2.92. The minimum Gasteiger partial charge on any atom is -0.506 e. The highest BCUT2D eigenvalue weighted by atomic mass is 16.6. The largest absolute Gasteiger partial charge is 0.506 e. The quantitative estimate of drug-likeness (QED) is 0.680. The van der Waals surface area contributed by atoms with Gasteiger partial charge in [0.05, 0.1) is 10.6 Å². The highest BCUT2D eigenvalue weighted by Gasteiger charge is 2.31. The maximum absolute atomic E-state index is 11.5. The van der Waals surface area contributed by atoms with E-state index in [0.717, 1.165) is 5.69 Å². The molecule has 0 unspecified atom stereocenters. The first-order valence-electron chi connectivity index (χ1n) is 8.01. The molecule has 1 aromatic heterocycles.